The molecule has 0 unspecified atom stereocenters. The third kappa shape index (κ3) is 3.07. The number of aryl methyl sites for hydroxylation is 1. The van der Waals surface area contributed by atoms with Crippen LogP contribution in [0.5, 0.6) is 0 Å². The lowest BCUT2D eigenvalue weighted by Gasteiger charge is -2.25. The van der Waals surface area contributed by atoms with Gasteiger partial charge in [-0.25, -0.2) is 0 Å². The summed E-state index contributed by atoms with van der Waals surface area (Å²) >= 11 is 7.09. The average Bonchev–Trinajstić information content (AvgIpc) is 2.37. The van der Waals surface area contributed by atoms with Crippen molar-refractivity contribution < 1.29 is 0 Å². The van der Waals surface area contributed by atoms with Crippen LogP contribution < -0.4 is 4.90 Å². The SMILES string of the molecule is Cc1cc(N(CCBr)CCBr)c2ccccc2c1. The molecular formula is C15H17Br2N. The number of hydrogen-bond donors (Lipinski definition) is 0. The molecule has 0 saturated carbocycles. The molecule has 18 heavy (non-hydrogen) atoms. The number of anilines is 1. The van der Waals surface area contributed by atoms with E-state index in [1.54, 1.807) is 0 Å². The molecule has 2 aromatic carbocycles. The third-order valence-corrected chi connectivity index (χ3v) is 3.74. The number of fused-ring (bicyclic) bond motifs is 1. The zero-order valence-corrected chi connectivity index (χ0v) is 13.7. The molecule has 0 N–H and O–H groups in total. The number of halogens is 2. The van der Waals surface area contributed by atoms with Crippen LogP contribution in [0.25, 0.3) is 10.8 Å². The van der Waals surface area contributed by atoms with Crippen molar-refractivity contribution in [1.82, 2.24) is 0 Å². The molecule has 0 atom stereocenters. The maximum Gasteiger partial charge on any atom is 0.0449 e. The van der Waals surface area contributed by atoms with Gasteiger partial charge in [0.05, 0.1) is 0 Å². The van der Waals surface area contributed by atoms with Crippen molar-refractivity contribution in [3.05, 3.63) is 42.0 Å². The fourth-order valence-electron chi connectivity index (χ4n) is 2.25. The first-order valence-electron chi connectivity index (χ1n) is 6.12. The topological polar surface area (TPSA) is 3.24 Å². The van der Waals surface area contributed by atoms with Gasteiger partial charge in [-0.1, -0.05) is 62.2 Å². The van der Waals surface area contributed by atoms with Crippen LogP contribution in [0.2, 0.25) is 0 Å². The van der Waals surface area contributed by atoms with Crippen LogP contribution in [0.1, 0.15) is 5.56 Å². The van der Waals surface area contributed by atoms with Gasteiger partial charge in [0.1, 0.15) is 0 Å². The zero-order chi connectivity index (χ0) is 13.0. The minimum Gasteiger partial charge on any atom is -0.369 e. The van der Waals surface area contributed by atoms with E-state index in [1.165, 1.54) is 22.0 Å². The Morgan fingerprint density at radius 1 is 1.00 bits per heavy atom. The van der Waals surface area contributed by atoms with Gasteiger partial charge in [0.25, 0.3) is 0 Å². The lowest BCUT2D eigenvalue weighted by Crippen LogP contribution is -2.27. The highest BCUT2D eigenvalue weighted by Crippen LogP contribution is 2.28. The molecule has 0 aromatic heterocycles. The van der Waals surface area contributed by atoms with E-state index >= 15 is 0 Å². The summed E-state index contributed by atoms with van der Waals surface area (Å²) in [6.07, 6.45) is 0. The molecular weight excluding hydrogens is 354 g/mol. The van der Waals surface area contributed by atoms with Crippen LogP contribution in [-0.2, 0) is 0 Å². The first kappa shape index (κ1) is 13.9. The molecule has 0 fully saturated rings. The van der Waals surface area contributed by atoms with Gasteiger partial charge in [-0.15, -0.1) is 0 Å². The van der Waals surface area contributed by atoms with Gasteiger partial charge in [-0.05, 0) is 23.9 Å². The molecule has 96 valence electrons. The fourth-order valence-corrected chi connectivity index (χ4v) is 3.11. The van der Waals surface area contributed by atoms with Crippen LogP contribution in [-0.4, -0.2) is 23.7 Å². The molecule has 0 saturated heterocycles. The van der Waals surface area contributed by atoms with E-state index in [0.717, 1.165) is 23.7 Å². The van der Waals surface area contributed by atoms with Crippen LogP contribution in [0.4, 0.5) is 5.69 Å². The maximum atomic E-state index is 3.54. The summed E-state index contributed by atoms with van der Waals surface area (Å²) in [6.45, 7) is 4.22. The molecule has 0 aliphatic heterocycles. The summed E-state index contributed by atoms with van der Waals surface area (Å²) in [6, 6.07) is 13.1. The van der Waals surface area contributed by atoms with E-state index in [0.29, 0.717) is 0 Å². The Morgan fingerprint density at radius 3 is 2.33 bits per heavy atom. The minimum absolute atomic E-state index is 0.988. The van der Waals surface area contributed by atoms with E-state index in [4.69, 9.17) is 0 Å². The quantitative estimate of drug-likeness (QED) is 0.686. The van der Waals surface area contributed by atoms with Crippen molar-refractivity contribution >= 4 is 48.3 Å². The summed E-state index contributed by atoms with van der Waals surface area (Å²) in [5.41, 5.74) is 2.65. The highest BCUT2D eigenvalue weighted by molar-refractivity contribution is 9.09. The largest absolute Gasteiger partial charge is 0.369 e. The Balaban J connectivity index is 2.52. The Kier molecular flexibility index (Phi) is 5.07. The molecule has 2 rings (SSSR count). The summed E-state index contributed by atoms with van der Waals surface area (Å²) < 4.78 is 0. The molecule has 0 aliphatic carbocycles. The molecule has 0 aliphatic rings. The second-order valence-corrected chi connectivity index (χ2v) is 5.96. The minimum atomic E-state index is 0.988. The van der Waals surface area contributed by atoms with Gasteiger partial charge in [-0.3, -0.25) is 0 Å². The van der Waals surface area contributed by atoms with Crippen molar-refractivity contribution in [1.29, 1.82) is 0 Å². The maximum absolute atomic E-state index is 3.54. The van der Waals surface area contributed by atoms with E-state index in [9.17, 15) is 0 Å². The summed E-state index contributed by atoms with van der Waals surface area (Å²) in [7, 11) is 0. The zero-order valence-electron chi connectivity index (χ0n) is 10.5. The van der Waals surface area contributed by atoms with Crippen LogP contribution in [0, 0.1) is 6.92 Å². The van der Waals surface area contributed by atoms with E-state index in [2.05, 4.69) is 80.1 Å². The Bertz CT molecular complexity index is 519. The standard InChI is InChI=1S/C15H17Br2N/c1-12-10-13-4-2-3-5-14(13)15(11-12)18(8-6-16)9-7-17/h2-5,10-11H,6-9H2,1H3. The second kappa shape index (κ2) is 6.58. The van der Waals surface area contributed by atoms with Crippen LogP contribution >= 0.6 is 31.9 Å². The van der Waals surface area contributed by atoms with Gasteiger partial charge >= 0.3 is 0 Å². The fraction of sp³-hybridized carbons (Fsp3) is 0.333. The monoisotopic (exact) mass is 369 g/mol. The molecule has 0 radical (unpaired) electrons. The van der Waals surface area contributed by atoms with Gasteiger partial charge in [-0.2, -0.15) is 0 Å². The molecule has 1 nitrogen and oxygen atoms in total. The van der Waals surface area contributed by atoms with Gasteiger partial charge < -0.3 is 4.90 Å². The molecule has 2 aromatic rings. The van der Waals surface area contributed by atoms with Gasteiger partial charge in [0.15, 0.2) is 0 Å². The number of benzene rings is 2. The average molecular weight is 371 g/mol. The van der Waals surface area contributed by atoms with E-state index < -0.39 is 0 Å². The van der Waals surface area contributed by atoms with E-state index in [1.807, 2.05) is 0 Å². The molecule has 0 amide bonds. The summed E-state index contributed by atoms with van der Waals surface area (Å²) in [4.78, 5) is 2.43. The Hall–Kier alpha value is -0.540. The highest BCUT2D eigenvalue weighted by atomic mass is 79.9. The third-order valence-electron chi connectivity index (χ3n) is 3.03. The van der Waals surface area contributed by atoms with Crippen molar-refractivity contribution in [3.8, 4) is 0 Å². The Morgan fingerprint density at radius 2 is 1.67 bits per heavy atom. The number of nitrogens with zero attached hydrogens (tertiary/aromatic N) is 1. The second-order valence-electron chi connectivity index (χ2n) is 4.37. The van der Waals surface area contributed by atoms with Crippen LogP contribution in [0.15, 0.2) is 36.4 Å². The molecule has 3 heteroatoms. The number of hydrogen-bond acceptors (Lipinski definition) is 1. The van der Waals surface area contributed by atoms with Crippen molar-refractivity contribution in [2.75, 3.05) is 28.6 Å². The molecule has 0 bridgehead atoms. The first-order valence-corrected chi connectivity index (χ1v) is 8.37. The van der Waals surface area contributed by atoms with Gasteiger partial charge in [0, 0.05) is 34.8 Å². The van der Waals surface area contributed by atoms with Crippen molar-refractivity contribution in [2.45, 2.75) is 6.92 Å². The van der Waals surface area contributed by atoms with Gasteiger partial charge in [0.2, 0.25) is 0 Å². The lowest BCUT2D eigenvalue weighted by molar-refractivity contribution is 0.889. The Labute approximate surface area is 125 Å². The van der Waals surface area contributed by atoms with E-state index in [-0.39, 0.29) is 0 Å². The molecule has 0 spiro atoms. The van der Waals surface area contributed by atoms with Crippen molar-refractivity contribution in [2.24, 2.45) is 0 Å². The smallest absolute Gasteiger partial charge is 0.0449 e. The highest BCUT2D eigenvalue weighted by Gasteiger charge is 2.09. The number of rotatable bonds is 5. The number of alkyl halides is 2. The van der Waals surface area contributed by atoms with Crippen molar-refractivity contribution in [3.63, 3.8) is 0 Å². The lowest BCUT2D eigenvalue weighted by atomic mass is 10.0. The van der Waals surface area contributed by atoms with Crippen LogP contribution in [0.3, 0.4) is 0 Å². The first-order chi connectivity index (χ1) is 8.76. The molecule has 0 heterocycles. The normalized spacial score (nSPS) is 10.8. The summed E-state index contributed by atoms with van der Waals surface area (Å²) in [5, 5.41) is 4.64. The summed E-state index contributed by atoms with van der Waals surface area (Å²) in [5.74, 6) is 0. The predicted octanol–water partition coefficient (Wildman–Crippen LogP) is 4.74. The predicted molar refractivity (Wildman–Crippen MR) is 88.5 cm³/mol.